The monoisotopic (exact) mass is 810 g/mol. The van der Waals surface area contributed by atoms with Crippen molar-refractivity contribution in [2.24, 2.45) is 11.8 Å². The van der Waals surface area contributed by atoms with Crippen molar-refractivity contribution < 1.29 is 38.1 Å². The van der Waals surface area contributed by atoms with Gasteiger partial charge in [-0.2, -0.15) is 0 Å². The van der Waals surface area contributed by atoms with Gasteiger partial charge in [-0.3, -0.25) is 9.59 Å². The van der Waals surface area contributed by atoms with Gasteiger partial charge in [0.2, 0.25) is 18.6 Å². The number of carbonyl (C=O) groups is 4. The number of piperidine rings is 1. The molecule has 0 aliphatic carbocycles. The molecule has 4 amide bonds. The van der Waals surface area contributed by atoms with Gasteiger partial charge in [0.25, 0.3) is 0 Å². The topological polar surface area (TPSA) is 193 Å². The molecule has 0 bridgehead atoms. The second kappa shape index (κ2) is 17.0. The number of alkyl carbamates (subject to hydrolysis) is 2. The van der Waals surface area contributed by atoms with E-state index in [0.717, 1.165) is 58.7 Å². The predicted octanol–water partition coefficient (Wildman–Crippen LogP) is 6.17. The lowest BCUT2D eigenvalue weighted by atomic mass is 9.95. The second-order valence-corrected chi connectivity index (χ2v) is 16.3. The molecule has 4 N–H and O–H groups in total. The molecule has 0 radical (unpaired) electrons. The van der Waals surface area contributed by atoms with E-state index < -0.39 is 29.8 Å². The first-order valence-electron chi connectivity index (χ1n) is 20.3. The minimum absolute atomic E-state index is 0.0332. The molecule has 5 heterocycles. The van der Waals surface area contributed by atoms with Crippen molar-refractivity contribution in [2.75, 3.05) is 40.6 Å². The van der Waals surface area contributed by atoms with E-state index >= 15 is 0 Å². The summed E-state index contributed by atoms with van der Waals surface area (Å²) in [6.45, 7) is 11.3. The summed E-state index contributed by atoms with van der Waals surface area (Å²) in [5.74, 6) is 2.20. The van der Waals surface area contributed by atoms with Crippen molar-refractivity contribution >= 4 is 24.0 Å². The lowest BCUT2D eigenvalue weighted by Gasteiger charge is -2.37. The molecular formula is C43H54N8O8. The van der Waals surface area contributed by atoms with Crippen LogP contribution in [0.4, 0.5) is 9.59 Å². The van der Waals surface area contributed by atoms with Gasteiger partial charge < -0.3 is 49.3 Å². The molecule has 2 aromatic carbocycles. The van der Waals surface area contributed by atoms with Crippen LogP contribution in [0, 0.1) is 11.8 Å². The van der Waals surface area contributed by atoms with Crippen LogP contribution in [0.1, 0.15) is 77.9 Å². The Hall–Kier alpha value is -6.06. The number of nitrogens with one attached hydrogen (secondary N) is 4. The number of rotatable bonds is 11. The van der Waals surface area contributed by atoms with Crippen LogP contribution in [0.5, 0.6) is 11.5 Å². The third kappa shape index (κ3) is 8.17. The number of imidazole rings is 2. The van der Waals surface area contributed by atoms with Gasteiger partial charge in [0.1, 0.15) is 23.7 Å². The number of hydrogen-bond acceptors (Lipinski definition) is 10. The van der Waals surface area contributed by atoms with Crippen molar-refractivity contribution in [2.45, 2.75) is 83.8 Å². The highest BCUT2D eigenvalue weighted by Crippen LogP contribution is 2.48. The van der Waals surface area contributed by atoms with Gasteiger partial charge in [0, 0.05) is 36.7 Å². The molecule has 314 valence electrons. The lowest BCUT2D eigenvalue weighted by Crippen LogP contribution is -2.55. The highest BCUT2D eigenvalue weighted by Gasteiger charge is 2.46. The van der Waals surface area contributed by atoms with Crippen LogP contribution in [0.15, 0.2) is 48.8 Å². The van der Waals surface area contributed by atoms with Gasteiger partial charge >= 0.3 is 12.2 Å². The number of aromatic amines is 2. The summed E-state index contributed by atoms with van der Waals surface area (Å²) in [5, 5.41) is 5.40. The Morgan fingerprint density at radius 2 is 1.39 bits per heavy atom. The maximum absolute atomic E-state index is 13.8. The molecule has 2 fully saturated rings. The zero-order valence-corrected chi connectivity index (χ0v) is 34.7. The van der Waals surface area contributed by atoms with E-state index in [-0.39, 0.29) is 36.4 Å². The first kappa shape index (κ1) is 41.1. The third-order valence-electron chi connectivity index (χ3n) is 11.8. The summed E-state index contributed by atoms with van der Waals surface area (Å²) >= 11 is 0. The Bertz CT molecular complexity index is 2180. The molecule has 0 unspecified atom stereocenters. The van der Waals surface area contributed by atoms with Crippen LogP contribution in [-0.4, -0.2) is 106 Å². The largest absolute Gasteiger partial charge is 0.453 e. The van der Waals surface area contributed by atoms with E-state index in [4.69, 9.17) is 28.9 Å². The third-order valence-corrected chi connectivity index (χ3v) is 11.8. The number of amides is 4. The molecule has 7 rings (SSSR count). The van der Waals surface area contributed by atoms with E-state index in [2.05, 4.69) is 20.6 Å². The Morgan fingerprint density at radius 3 is 2.05 bits per heavy atom. The van der Waals surface area contributed by atoms with E-state index in [1.54, 1.807) is 11.1 Å². The number of fused-ring (bicyclic) bond motifs is 1. The molecule has 3 aliphatic rings. The first-order valence-corrected chi connectivity index (χ1v) is 20.3. The fourth-order valence-corrected chi connectivity index (χ4v) is 8.41. The number of methoxy groups -OCH3 is 2. The van der Waals surface area contributed by atoms with Crippen molar-refractivity contribution in [3.8, 4) is 45.1 Å². The molecule has 2 aromatic heterocycles. The zero-order valence-electron chi connectivity index (χ0n) is 34.7. The highest BCUT2D eigenvalue weighted by atomic mass is 16.7. The van der Waals surface area contributed by atoms with Gasteiger partial charge in [-0.25, -0.2) is 19.6 Å². The van der Waals surface area contributed by atoms with Crippen LogP contribution in [0.2, 0.25) is 0 Å². The van der Waals surface area contributed by atoms with Crippen LogP contribution in [0.3, 0.4) is 0 Å². The molecular weight excluding hydrogens is 757 g/mol. The lowest BCUT2D eigenvalue weighted by molar-refractivity contribution is -0.139. The Morgan fingerprint density at radius 1 is 0.780 bits per heavy atom. The minimum atomic E-state index is -0.740. The summed E-state index contributed by atoms with van der Waals surface area (Å²) in [4.78, 5) is 71.4. The Balaban J connectivity index is 1.06. The van der Waals surface area contributed by atoms with Gasteiger partial charge in [-0.05, 0) is 67.7 Å². The first-order chi connectivity index (χ1) is 28.3. The average Bonchev–Trinajstić information content (AvgIpc) is 4.08. The van der Waals surface area contributed by atoms with Crippen LogP contribution in [0.25, 0.3) is 33.6 Å². The smallest absolute Gasteiger partial charge is 0.407 e. The quantitative estimate of drug-likeness (QED) is 0.136. The van der Waals surface area contributed by atoms with E-state index in [9.17, 15) is 19.2 Å². The molecule has 0 spiro atoms. The van der Waals surface area contributed by atoms with Crippen molar-refractivity contribution in [1.82, 2.24) is 40.4 Å². The number of likely N-dealkylation sites (tertiary alicyclic amines) is 2. The van der Waals surface area contributed by atoms with Gasteiger partial charge in [-0.1, -0.05) is 52.0 Å². The number of benzene rings is 2. The summed E-state index contributed by atoms with van der Waals surface area (Å²) in [5.41, 5.74) is 4.46. The predicted molar refractivity (Wildman–Crippen MR) is 218 cm³/mol. The van der Waals surface area contributed by atoms with Crippen LogP contribution in [-0.2, 0) is 24.6 Å². The van der Waals surface area contributed by atoms with E-state index in [0.29, 0.717) is 43.4 Å². The molecule has 16 nitrogen and oxygen atoms in total. The van der Waals surface area contributed by atoms with E-state index in [1.165, 1.54) is 14.2 Å². The molecule has 4 atom stereocenters. The summed E-state index contributed by atoms with van der Waals surface area (Å²) in [6.07, 6.45) is 5.54. The summed E-state index contributed by atoms with van der Waals surface area (Å²) < 4.78 is 21.6. The molecule has 0 saturated carbocycles. The molecule has 4 aromatic rings. The van der Waals surface area contributed by atoms with Crippen LogP contribution >= 0.6 is 0 Å². The number of H-pyrrole nitrogens is 2. The number of aromatic nitrogens is 4. The highest BCUT2D eigenvalue weighted by molar-refractivity contribution is 5.88. The average molecular weight is 811 g/mol. The van der Waals surface area contributed by atoms with E-state index in [1.807, 2.05) is 82.1 Å². The van der Waals surface area contributed by atoms with Crippen molar-refractivity contribution in [3.63, 3.8) is 0 Å². The minimum Gasteiger partial charge on any atom is -0.453 e. The fraction of sp³-hybridized carbons (Fsp3) is 0.488. The number of nitrogens with zero attached hydrogens (tertiary/aromatic N) is 4. The molecule has 59 heavy (non-hydrogen) atoms. The molecule has 16 heteroatoms. The summed E-state index contributed by atoms with van der Waals surface area (Å²) in [6, 6.07) is 10.7. The van der Waals surface area contributed by atoms with Crippen molar-refractivity contribution in [1.29, 1.82) is 0 Å². The van der Waals surface area contributed by atoms with Gasteiger partial charge in [-0.15, -0.1) is 0 Å². The fourth-order valence-electron chi connectivity index (χ4n) is 8.41. The van der Waals surface area contributed by atoms with Gasteiger partial charge in [0.15, 0.2) is 11.5 Å². The number of carbonyl (C=O) groups excluding carboxylic acids is 4. The Kier molecular flexibility index (Phi) is 11.9. The number of ether oxygens (including phenoxy) is 4. The maximum atomic E-state index is 13.8. The van der Waals surface area contributed by atoms with Gasteiger partial charge in [0.05, 0.1) is 43.5 Å². The zero-order chi connectivity index (χ0) is 42.0. The summed E-state index contributed by atoms with van der Waals surface area (Å²) in [7, 11) is 2.57. The Labute approximate surface area is 343 Å². The SMILES string of the molecule is COC(=O)N[C@H](C(=O)N1CCC[C@H](c2ncc(-c3ccc(-c4ccc(-c5cnc([C@]6(C)CCCN6C(=O)[C@@H](NC(=O)OC)C(C)C)[nH]5)c5c4OCO5)cc3)[nH]2)C1)C(C)C. The van der Waals surface area contributed by atoms with Crippen molar-refractivity contribution in [3.05, 3.63) is 60.4 Å². The molecule has 3 aliphatic heterocycles. The normalized spacial score (nSPS) is 19.8. The molecule has 2 saturated heterocycles. The second-order valence-electron chi connectivity index (χ2n) is 16.3. The van der Waals surface area contributed by atoms with Crippen LogP contribution < -0.4 is 20.1 Å². The number of hydrogen-bond donors (Lipinski definition) is 4. The maximum Gasteiger partial charge on any atom is 0.407 e. The standard InChI is InChI=1S/C43H54N8O8/c1-24(2)33(48-41(54)56-6)38(52)50-18-8-10-28(22-50)37-44-20-31(46-37)27-13-11-26(12-14-27)29-15-16-30(36-35(29)58-23-59-36)32-21-45-40(47-32)43(5)17-9-19-51(43)39(53)34(25(3)4)49-42(55)57-7/h11-16,20-21,24-25,28,33-34H,8-10,17-19,22-23H2,1-7H3,(H,44,46)(H,45,47)(H,48,54)(H,49,55)/t28-,33-,34-,43-/m0/s1.